The maximum Gasteiger partial charge on any atom is 0.416 e. The van der Waals surface area contributed by atoms with Crippen LogP contribution >= 0.6 is 0 Å². The molecule has 0 saturated carbocycles. The zero-order valence-electron chi connectivity index (χ0n) is 15.1. The van der Waals surface area contributed by atoms with Gasteiger partial charge in [0.25, 0.3) is 0 Å². The van der Waals surface area contributed by atoms with Crippen molar-refractivity contribution in [1.82, 2.24) is 0 Å². The van der Waals surface area contributed by atoms with Crippen LogP contribution in [0.5, 0.6) is 11.5 Å². The molecular formula is C20H17F3O5. The van der Waals surface area contributed by atoms with Gasteiger partial charge in [0.2, 0.25) is 0 Å². The fourth-order valence-electron chi connectivity index (χ4n) is 2.26. The van der Waals surface area contributed by atoms with E-state index in [2.05, 4.69) is 0 Å². The normalized spacial score (nSPS) is 11.3. The van der Waals surface area contributed by atoms with Crippen molar-refractivity contribution in [2.24, 2.45) is 0 Å². The SMILES string of the molecule is COc1ccc(/C=C/C(=O)OCC(=O)c2cccc(C(F)(F)F)c2)cc1OC. The van der Waals surface area contributed by atoms with Crippen molar-refractivity contribution in [3.05, 3.63) is 65.2 Å². The van der Waals surface area contributed by atoms with E-state index in [0.717, 1.165) is 24.3 Å². The van der Waals surface area contributed by atoms with Crippen LogP contribution in [0.1, 0.15) is 21.5 Å². The van der Waals surface area contributed by atoms with Crippen LogP contribution < -0.4 is 9.47 Å². The second kappa shape index (κ2) is 9.07. The molecule has 2 rings (SSSR count). The van der Waals surface area contributed by atoms with Gasteiger partial charge in [0, 0.05) is 11.6 Å². The van der Waals surface area contributed by atoms with Gasteiger partial charge in [-0.15, -0.1) is 0 Å². The highest BCUT2D eigenvalue weighted by Crippen LogP contribution is 2.30. The predicted octanol–water partition coefficient (Wildman–Crippen LogP) is 4.16. The van der Waals surface area contributed by atoms with Gasteiger partial charge in [-0.1, -0.05) is 18.2 Å². The molecule has 0 aliphatic carbocycles. The fourth-order valence-corrected chi connectivity index (χ4v) is 2.26. The predicted molar refractivity (Wildman–Crippen MR) is 95.3 cm³/mol. The largest absolute Gasteiger partial charge is 0.493 e. The Balaban J connectivity index is 1.97. The van der Waals surface area contributed by atoms with E-state index in [9.17, 15) is 22.8 Å². The highest BCUT2D eigenvalue weighted by Gasteiger charge is 2.30. The summed E-state index contributed by atoms with van der Waals surface area (Å²) < 4.78 is 53.1. The molecule has 2 aromatic rings. The lowest BCUT2D eigenvalue weighted by Crippen LogP contribution is -2.14. The van der Waals surface area contributed by atoms with Gasteiger partial charge in [-0.2, -0.15) is 13.2 Å². The first-order valence-corrected chi connectivity index (χ1v) is 8.02. The quantitative estimate of drug-likeness (QED) is 0.401. The molecule has 0 heterocycles. The average Bonchev–Trinajstić information content (AvgIpc) is 2.69. The van der Waals surface area contributed by atoms with E-state index >= 15 is 0 Å². The number of hydrogen-bond donors (Lipinski definition) is 0. The van der Waals surface area contributed by atoms with E-state index in [1.165, 1.54) is 26.4 Å². The summed E-state index contributed by atoms with van der Waals surface area (Å²) in [6, 6.07) is 8.89. The van der Waals surface area contributed by atoms with Crippen LogP contribution in [0.15, 0.2) is 48.5 Å². The maximum atomic E-state index is 12.7. The molecule has 0 saturated heterocycles. The number of rotatable bonds is 7. The van der Waals surface area contributed by atoms with Crippen molar-refractivity contribution >= 4 is 17.8 Å². The van der Waals surface area contributed by atoms with Crippen LogP contribution in [0.4, 0.5) is 13.2 Å². The van der Waals surface area contributed by atoms with Gasteiger partial charge in [-0.25, -0.2) is 4.79 Å². The van der Waals surface area contributed by atoms with Gasteiger partial charge < -0.3 is 14.2 Å². The lowest BCUT2D eigenvalue weighted by molar-refractivity contribution is -0.138. The molecule has 2 aromatic carbocycles. The van der Waals surface area contributed by atoms with Crippen LogP contribution in [0, 0.1) is 0 Å². The highest BCUT2D eigenvalue weighted by molar-refractivity contribution is 5.99. The van der Waals surface area contributed by atoms with Gasteiger partial charge in [-0.3, -0.25) is 4.79 Å². The molecule has 0 radical (unpaired) electrons. The number of Topliss-reactive ketones (excluding diaryl/α,β-unsaturated/α-hetero) is 1. The maximum absolute atomic E-state index is 12.7. The summed E-state index contributed by atoms with van der Waals surface area (Å²) in [4.78, 5) is 23.7. The molecule has 28 heavy (non-hydrogen) atoms. The molecule has 148 valence electrons. The van der Waals surface area contributed by atoms with E-state index in [4.69, 9.17) is 14.2 Å². The molecule has 0 aromatic heterocycles. The summed E-state index contributed by atoms with van der Waals surface area (Å²) in [6.45, 7) is -0.670. The molecule has 0 aliphatic heterocycles. The molecule has 0 atom stereocenters. The van der Waals surface area contributed by atoms with Crippen LogP contribution in [-0.2, 0) is 15.7 Å². The molecule has 0 fully saturated rings. The van der Waals surface area contributed by atoms with E-state index in [0.29, 0.717) is 17.1 Å². The Bertz CT molecular complexity index is 888. The van der Waals surface area contributed by atoms with E-state index in [1.54, 1.807) is 18.2 Å². The molecule has 0 amide bonds. The Hall–Kier alpha value is -3.29. The zero-order chi connectivity index (χ0) is 20.7. The first-order valence-electron chi connectivity index (χ1n) is 8.02. The van der Waals surface area contributed by atoms with Gasteiger partial charge in [0.1, 0.15) is 0 Å². The summed E-state index contributed by atoms with van der Waals surface area (Å²) in [5, 5.41) is 0. The number of carbonyl (C=O) groups is 2. The lowest BCUT2D eigenvalue weighted by Gasteiger charge is -2.08. The second-order valence-corrected chi connectivity index (χ2v) is 5.56. The standard InChI is InChI=1S/C20H17F3O5/c1-26-17-8-6-13(10-18(17)27-2)7-9-19(25)28-12-16(24)14-4-3-5-15(11-14)20(21,22)23/h3-11H,12H2,1-2H3/b9-7+. The van der Waals surface area contributed by atoms with Crippen molar-refractivity contribution < 1.29 is 37.0 Å². The summed E-state index contributed by atoms with van der Waals surface area (Å²) in [5.74, 6) is -0.555. The number of ketones is 1. The van der Waals surface area contributed by atoms with Gasteiger partial charge in [0.05, 0.1) is 19.8 Å². The summed E-state index contributed by atoms with van der Waals surface area (Å²) in [6.07, 6.45) is -2.02. The Morgan fingerprint density at radius 2 is 1.71 bits per heavy atom. The van der Waals surface area contributed by atoms with Crippen LogP contribution in [0.3, 0.4) is 0 Å². The summed E-state index contributed by atoms with van der Waals surface area (Å²) in [7, 11) is 2.96. The molecule has 8 heteroatoms. The minimum atomic E-state index is -4.56. The first kappa shape index (κ1) is 21.0. The minimum Gasteiger partial charge on any atom is -0.493 e. The summed E-state index contributed by atoms with van der Waals surface area (Å²) in [5.41, 5.74) is -0.511. The molecular weight excluding hydrogens is 377 g/mol. The Morgan fingerprint density at radius 1 is 1.00 bits per heavy atom. The van der Waals surface area contributed by atoms with Crippen molar-refractivity contribution in [2.45, 2.75) is 6.18 Å². The number of benzene rings is 2. The van der Waals surface area contributed by atoms with Crippen LogP contribution in [0.25, 0.3) is 6.08 Å². The third-order valence-electron chi connectivity index (χ3n) is 3.68. The zero-order valence-corrected chi connectivity index (χ0v) is 15.1. The molecule has 0 spiro atoms. The Labute approximate surface area is 159 Å². The number of alkyl halides is 3. The van der Waals surface area contributed by atoms with Crippen LogP contribution in [-0.4, -0.2) is 32.6 Å². The molecule has 5 nitrogen and oxygen atoms in total. The number of halogens is 3. The molecule has 0 aliphatic rings. The van der Waals surface area contributed by atoms with Crippen molar-refractivity contribution in [2.75, 3.05) is 20.8 Å². The van der Waals surface area contributed by atoms with Gasteiger partial charge in [0.15, 0.2) is 23.9 Å². The van der Waals surface area contributed by atoms with Crippen molar-refractivity contribution in [1.29, 1.82) is 0 Å². The Kier molecular flexibility index (Phi) is 6.81. The second-order valence-electron chi connectivity index (χ2n) is 5.56. The van der Waals surface area contributed by atoms with E-state index < -0.39 is 30.1 Å². The third-order valence-corrected chi connectivity index (χ3v) is 3.68. The smallest absolute Gasteiger partial charge is 0.416 e. The topological polar surface area (TPSA) is 61.8 Å². The van der Waals surface area contributed by atoms with Crippen molar-refractivity contribution in [3.63, 3.8) is 0 Å². The minimum absolute atomic E-state index is 0.188. The molecule has 0 bridgehead atoms. The number of esters is 1. The van der Waals surface area contributed by atoms with E-state index in [-0.39, 0.29) is 5.56 Å². The van der Waals surface area contributed by atoms with E-state index in [1.807, 2.05) is 0 Å². The highest BCUT2D eigenvalue weighted by atomic mass is 19.4. The van der Waals surface area contributed by atoms with Gasteiger partial charge in [-0.05, 0) is 35.9 Å². The number of hydrogen-bond acceptors (Lipinski definition) is 5. The number of methoxy groups -OCH3 is 2. The number of ether oxygens (including phenoxy) is 3. The molecule has 0 N–H and O–H groups in total. The average molecular weight is 394 g/mol. The van der Waals surface area contributed by atoms with Crippen LogP contribution in [0.2, 0.25) is 0 Å². The fraction of sp³-hybridized carbons (Fsp3) is 0.200. The monoisotopic (exact) mass is 394 g/mol. The summed E-state index contributed by atoms with van der Waals surface area (Å²) >= 11 is 0. The number of carbonyl (C=O) groups excluding carboxylic acids is 2. The lowest BCUT2D eigenvalue weighted by atomic mass is 10.1. The van der Waals surface area contributed by atoms with Crippen molar-refractivity contribution in [3.8, 4) is 11.5 Å². The molecule has 0 unspecified atom stereocenters. The first-order chi connectivity index (χ1) is 13.2. The van der Waals surface area contributed by atoms with Gasteiger partial charge >= 0.3 is 12.1 Å². The Morgan fingerprint density at radius 3 is 2.36 bits per heavy atom. The third kappa shape index (κ3) is 5.60.